The van der Waals surface area contributed by atoms with E-state index in [0.29, 0.717) is 22.7 Å². The van der Waals surface area contributed by atoms with Crippen molar-refractivity contribution < 1.29 is 24.2 Å². The molecule has 20 heavy (non-hydrogen) atoms. The van der Waals surface area contributed by atoms with Gasteiger partial charge in [-0.05, 0) is 37.6 Å². The van der Waals surface area contributed by atoms with Crippen LogP contribution >= 0.6 is 0 Å². The number of methoxy groups -OCH3 is 1. The van der Waals surface area contributed by atoms with Gasteiger partial charge in [0.2, 0.25) is 0 Å². The Morgan fingerprint density at radius 1 is 1.45 bits per heavy atom. The minimum absolute atomic E-state index is 0.272. The molecule has 0 saturated heterocycles. The Hall–Kier alpha value is -2.50. The highest BCUT2D eigenvalue weighted by molar-refractivity contribution is 6.01. The van der Waals surface area contributed by atoms with Crippen molar-refractivity contribution >= 4 is 23.6 Å². The maximum Gasteiger partial charge on any atom is 0.328 e. The van der Waals surface area contributed by atoms with E-state index < -0.39 is 11.6 Å². The highest BCUT2D eigenvalue weighted by Crippen LogP contribution is 2.42. The predicted octanol–water partition coefficient (Wildman–Crippen LogP) is 1.90. The van der Waals surface area contributed by atoms with Gasteiger partial charge < -0.3 is 19.9 Å². The fourth-order valence-corrected chi connectivity index (χ4v) is 1.81. The number of ether oxygens (including phenoxy) is 2. The lowest BCUT2D eigenvalue weighted by molar-refractivity contribution is -0.131. The van der Waals surface area contributed by atoms with Gasteiger partial charge in [0.25, 0.3) is 5.91 Å². The molecule has 106 valence electrons. The summed E-state index contributed by atoms with van der Waals surface area (Å²) in [6.07, 6.45) is 2.42. The smallest absolute Gasteiger partial charge is 0.328 e. The van der Waals surface area contributed by atoms with Gasteiger partial charge >= 0.3 is 5.97 Å². The molecule has 0 fully saturated rings. The molecule has 1 aliphatic rings. The monoisotopic (exact) mass is 277 g/mol. The Morgan fingerprint density at radius 3 is 2.75 bits per heavy atom. The number of hydrogen-bond donors (Lipinski definition) is 2. The number of anilines is 1. The normalized spacial score (nSPS) is 16.2. The molecule has 0 saturated carbocycles. The van der Waals surface area contributed by atoms with Crippen LogP contribution in [-0.2, 0) is 9.59 Å². The molecule has 0 aliphatic carbocycles. The van der Waals surface area contributed by atoms with Crippen molar-refractivity contribution in [3.05, 3.63) is 23.8 Å². The van der Waals surface area contributed by atoms with E-state index in [-0.39, 0.29) is 5.91 Å². The third-order valence-electron chi connectivity index (χ3n) is 2.87. The molecule has 2 N–H and O–H groups in total. The third kappa shape index (κ3) is 2.59. The molecule has 0 bridgehead atoms. The van der Waals surface area contributed by atoms with E-state index in [0.717, 1.165) is 6.08 Å². The average molecular weight is 277 g/mol. The zero-order valence-electron chi connectivity index (χ0n) is 11.4. The summed E-state index contributed by atoms with van der Waals surface area (Å²) in [7, 11) is 1.48. The van der Waals surface area contributed by atoms with Crippen molar-refractivity contribution in [2.45, 2.75) is 19.4 Å². The van der Waals surface area contributed by atoms with Crippen LogP contribution in [-0.4, -0.2) is 29.7 Å². The Balaban J connectivity index is 2.48. The Morgan fingerprint density at radius 2 is 2.15 bits per heavy atom. The summed E-state index contributed by atoms with van der Waals surface area (Å²) in [5.41, 5.74) is 0.0592. The van der Waals surface area contributed by atoms with E-state index in [1.165, 1.54) is 13.2 Å². The summed E-state index contributed by atoms with van der Waals surface area (Å²) in [6.45, 7) is 3.31. The number of aliphatic carboxylic acids is 1. The number of rotatable bonds is 3. The average Bonchev–Trinajstić information content (AvgIpc) is 2.37. The van der Waals surface area contributed by atoms with Crippen molar-refractivity contribution in [2.75, 3.05) is 12.4 Å². The summed E-state index contributed by atoms with van der Waals surface area (Å²) < 4.78 is 10.9. The summed E-state index contributed by atoms with van der Waals surface area (Å²) >= 11 is 0. The number of carbonyl (C=O) groups is 2. The van der Waals surface area contributed by atoms with E-state index in [4.69, 9.17) is 14.6 Å². The second kappa shape index (κ2) is 4.88. The highest BCUT2D eigenvalue weighted by Gasteiger charge is 2.37. The van der Waals surface area contributed by atoms with E-state index in [1.54, 1.807) is 26.0 Å². The molecular formula is C14H15NO5. The van der Waals surface area contributed by atoms with Gasteiger partial charge in [0.1, 0.15) is 0 Å². The van der Waals surface area contributed by atoms with Gasteiger partial charge in [0.15, 0.2) is 17.1 Å². The molecule has 1 aromatic rings. The number of carbonyl (C=O) groups excluding carboxylic acids is 1. The van der Waals surface area contributed by atoms with Gasteiger partial charge in [0.05, 0.1) is 12.8 Å². The molecule has 1 aromatic carbocycles. The lowest BCUT2D eigenvalue weighted by Gasteiger charge is -2.32. The molecule has 1 amide bonds. The van der Waals surface area contributed by atoms with Gasteiger partial charge in [-0.2, -0.15) is 0 Å². The van der Waals surface area contributed by atoms with Crippen LogP contribution in [0.3, 0.4) is 0 Å². The number of amides is 1. The number of benzene rings is 1. The number of hydrogen-bond acceptors (Lipinski definition) is 4. The van der Waals surface area contributed by atoms with Crippen LogP contribution in [0.15, 0.2) is 18.2 Å². The largest absolute Gasteiger partial charge is 0.493 e. The summed E-state index contributed by atoms with van der Waals surface area (Å²) in [5.74, 6) is -0.459. The van der Waals surface area contributed by atoms with Crippen molar-refractivity contribution in [3.63, 3.8) is 0 Å². The van der Waals surface area contributed by atoms with E-state index in [2.05, 4.69) is 5.32 Å². The standard InChI is InChI=1S/C14H15NO5/c1-14(2)13(18)15-9-6-8(4-5-11(16)17)7-10(19-3)12(9)20-14/h4-7H,1-3H3,(H,15,18)(H,16,17)/b5-4+. The van der Waals surface area contributed by atoms with Gasteiger partial charge in [-0.15, -0.1) is 0 Å². The lowest BCUT2D eigenvalue weighted by atomic mass is 10.0. The molecular weight excluding hydrogens is 262 g/mol. The molecule has 0 spiro atoms. The van der Waals surface area contributed by atoms with Crippen LogP contribution < -0.4 is 14.8 Å². The number of carboxylic acid groups (broad SMARTS) is 1. The lowest BCUT2D eigenvalue weighted by Crippen LogP contribution is -2.45. The summed E-state index contributed by atoms with van der Waals surface area (Å²) in [5, 5.41) is 11.4. The Kier molecular flexibility index (Phi) is 3.40. The zero-order valence-corrected chi connectivity index (χ0v) is 11.4. The topological polar surface area (TPSA) is 84.9 Å². The Labute approximate surface area is 116 Å². The van der Waals surface area contributed by atoms with E-state index in [1.807, 2.05) is 0 Å². The summed E-state index contributed by atoms with van der Waals surface area (Å²) in [6, 6.07) is 3.27. The first-order valence-electron chi connectivity index (χ1n) is 5.97. The zero-order chi connectivity index (χ0) is 14.9. The van der Waals surface area contributed by atoms with Gasteiger partial charge in [-0.1, -0.05) is 0 Å². The quantitative estimate of drug-likeness (QED) is 0.824. The second-order valence-electron chi connectivity index (χ2n) is 4.84. The molecule has 0 atom stereocenters. The van der Waals surface area contributed by atoms with Crippen molar-refractivity contribution in [3.8, 4) is 11.5 Å². The minimum atomic E-state index is -1.05. The van der Waals surface area contributed by atoms with Gasteiger partial charge in [-0.25, -0.2) is 4.79 Å². The van der Waals surface area contributed by atoms with Gasteiger partial charge in [-0.3, -0.25) is 4.79 Å². The van der Waals surface area contributed by atoms with Crippen LogP contribution in [0.25, 0.3) is 6.08 Å². The first kappa shape index (κ1) is 13.9. The highest BCUT2D eigenvalue weighted by atomic mass is 16.5. The molecule has 6 heteroatoms. The third-order valence-corrected chi connectivity index (χ3v) is 2.87. The first-order valence-corrected chi connectivity index (χ1v) is 5.97. The number of carboxylic acids is 1. The molecule has 1 heterocycles. The maximum absolute atomic E-state index is 11.9. The van der Waals surface area contributed by atoms with Crippen LogP contribution in [0, 0.1) is 0 Å². The van der Waals surface area contributed by atoms with Crippen LogP contribution in [0.4, 0.5) is 5.69 Å². The SMILES string of the molecule is COc1cc(/C=C/C(=O)O)cc2c1OC(C)(C)C(=O)N2. The van der Waals surface area contributed by atoms with Crippen molar-refractivity contribution in [2.24, 2.45) is 0 Å². The molecule has 1 aliphatic heterocycles. The minimum Gasteiger partial charge on any atom is -0.493 e. The van der Waals surface area contributed by atoms with E-state index >= 15 is 0 Å². The maximum atomic E-state index is 11.9. The Bertz CT molecular complexity index is 604. The summed E-state index contributed by atoms with van der Waals surface area (Å²) in [4.78, 5) is 22.4. The van der Waals surface area contributed by atoms with Crippen molar-refractivity contribution in [1.82, 2.24) is 0 Å². The molecule has 0 aromatic heterocycles. The van der Waals surface area contributed by atoms with Crippen molar-refractivity contribution in [1.29, 1.82) is 0 Å². The predicted molar refractivity (Wildman–Crippen MR) is 73.0 cm³/mol. The molecule has 2 rings (SSSR count). The van der Waals surface area contributed by atoms with Crippen LogP contribution in [0.2, 0.25) is 0 Å². The van der Waals surface area contributed by atoms with E-state index in [9.17, 15) is 9.59 Å². The molecule has 0 unspecified atom stereocenters. The van der Waals surface area contributed by atoms with Crippen LogP contribution in [0.1, 0.15) is 19.4 Å². The second-order valence-corrected chi connectivity index (χ2v) is 4.84. The molecule has 6 nitrogen and oxygen atoms in total. The fourth-order valence-electron chi connectivity index (χ4n) is 1.81. The number of nitrogens with one attached hydrogen (secondary N) is 1. The molecule has 0 radical (unpaired) electrons. The number of fused-ring (bicyclic) bond motifs is 1. The first-order chi connectivity index (χ1) is 9.33. The van der Waals surface area contributed by atoms with Crippen LogP contribution in [0.5, 0.6) is 11.5 Å². The van der Waals surface area contributed by atoms with Gasteiger partial charge in [0, 0.05) is 6.08 Å². The fraction of sp³-hybridized carbons (Fsp3) is 0.286.